The van der Waals surface area contributed by atoms with Gasteiger partial charge in [-0.25, -0.2) is 14.5 Å². The summed E-state index contributed by atoms with van der Waals surface area (Å²) in [4.78, 5) is 39.9. The summed E-state index contributed by atoms with van der Waals surface area (Å²) in [6, 6.07) is 15.8. The van der Waals surface area contributed by atoms with Crippen molar-refractivity contribution in [3.05, 3.63) is 95.6 Å². The van der Waals surface area contributed by atoms with Crippen molar-refractivity contribution in [1.82, 2.24) is 4.90 Å². The molecule has 0 saturated heterocycles. The predicted octanol–water partition coefficient (Wildman–Crippen LogP) is 2.93. The Balaban J connectivity index is 1.90. The quantitative estimate of drug-likeness (QED) is 0.492. The highest BCUT2D eigenvalue weighted by molar-refractivity contribution is 6.05. The maximum atomic E-state index is 13.3. The van der Waals surface area contributed by atoms with Gasteiger partial charge in [0.1, 0.15) is 18.4 Å². The number of benzene rings is 2. The topological polar surface area (TPSA) is 119 Å². The Bertz CT molecular complexity index is 1050. The SMILES string of the molecule is COC(=O)[C@H](CC1=CCC(N)(O)C=C1)N(C(=O)OCc1ccccc1)C(=O)c1ccccc1. The minimum atomic E-state index is -1.49. The van der Waals surface area contributed by atoms with Crippen LogP contribution >= 0.6 is 0 Å². The average molecular weight is 450 g/mol. The van der Waals surface area contributed by atoms with Crippen molar-refractivity contribution in [3.8, 4) is 0 Å². The van der Waals surface area contributed by atoms with E-state index in [0.29, 0.717) is 5.57 Å². The van der Waals surface area contributed by atoms with Crippen LogP contribution in [0.15, 0.2) is 84.5 Å². The number of aliphatic hydroxyl groups is 1. The molecule has 2 atom stereocenters. The van der Waals surface area contributed by atoms with E-state index in [9.17, 15) is 19.5 Å². The number of amides is 2. The van der Waals surface area contributed by atoms with Crippen molar-refractivity contribution in [2.45, 2.75) is 31.2 Å². The summed E-state index contributed by atoms with van der Waals surface area (Å²) in [5.74, 6) is -1.47. The molecule has 33 heavy (non-hydrogen) atoms. The van der Waals surface area contributed by atoms with Crippen LogP contribution in [0.3, 0.4) is 0 Å². The zero-order chi connectivity index (χ0) is 23.8. The first-order valence-electron chi connectivity index (χ1n) is 10.4. The second kappa shape index (κ2) is 10.7. The number of ether oxygens (including phenoxy) is 2. The van der Waals surface area contributed by atoms with E-state index in [-0.39, 0.29) is 25.0 Å². The van der Waals surface area contributed by atoms with E-state index >= 15 is 0 Å². The van der Waals surface area contributed by atoms with E-state index in [0.717, 1.165) is 10.5 Å². The first-order chi connectivity index (χ1) is 15.8. The lowest BCUT2D eigenvalue weighted by molar-refractivity contribution is -0.145. The number of hydrogen-bond acceptors (Lipinski definition) is 7. The molecular weight excluding hydrogens is 424 g/mol. The maximum absolute atomic E-state index is 13.3. The molecule has 8 heteroatoms. The van der Waals surface area contributed by atoms with E-state index in [1.807, 2.05) is 6.07 Å². The van der Waals surface area contributed by atoms with Gasteiger partial charge in [0.2, 0.25) is 0 Å². The summed E-state index contributed by atoms with van der Waals surface area (Å²) in [5, 5.41) is 9.91. The molecule has 0 radical (unpaired) electrons. The lowest BCUT2D eigenvalue weighted by Crippen LogP contribution is -2.49. The number of methoxy groups -OCH3 is 1. The number of rotatable bonds is 7. The molecular formula is C25H26N2O6. The second-order valence-electron chi connectivity index (χ2n) is 7.63. The fourth-order valence-electron chi connectivity index (χ4n) is 3.33. The van der Waals surface area contributed by atoms with Gasteiger partial charge in [-0.05, 0) is 29.3 Å². The summed E-state index contributed by atoms with van der Waals surface area (Å²) in [6.45, 7) is -0.0745. The molecule has 0 bridgehead atoms. The van der Waals surface area contributed by atoms with Crippen molar-refractivity contribution in [3.63, 3.8) is 0 Å². The smallest absolute Gasteiger partial charge is 0.417 e. The first kappa shape index (κ1) is 23.9. The van der Waals surface area contributed by atoms with E-state index < -0.39 is 29.7 Å². The molecule has 8 nitrogen and oxygen atoms in total. The van der Waals surface area contributed by atoms with Crippen molar-refractivity contribution in [2.24, 2.45) is 5.73 Å². The largest absolute Gasteiger partial charge is 0.467 e. The number of esters is 1. The molecule has 3 rings (SSSR count). The molecule has 1 unspecified atom stereocenters. The minimum Gasteiger partial charge on any atom is -0.467 e. The lowest BCUT2D eigenvalue weighted by atomic mass is 9.95. The third kappa shape index (κ3) is 6.38. The second-order valence-corrected chi connectivity index (χ2v) is 7.63. The van der Waals surface area contributed by atoms with Crippen LogP contribution in [0.5, 0.6) is 0 Å². The Morgan fingerprint density at radius 3 is 2.30 bits per heavy atom. The fourth-order valence-corrected chi connectivity index (χ4v) is 3.33. The van der Waals surface area contributed by atoms with Gasteiger partial charge in [0.25, 0.3) is 5.91 Å². The van der Waals surface area contributed by atoms with Gasteiger partial charge in [-0.3, -0.25) is 4.79 Å². The Morgan fingerprint density at radius 2 is 1.73 bits per heavy atom. The molecule has 0 aromatic heterocycles. The minimum absolute atomic E-state index is 0.0295. The van der Waals surface area contributed by atoms with E-state index in [1.165, 1.54) is 13.2 Å². The van der Waals surface area contributed by atoms with Gasteiger partial charge in [0.15, 0.2) is 0 Å². The summed E-state index contributed by atoms with van der Waals surface area (Å²) >= 11 is 0. The molecule has 1 aliphatic rings. The highest BCUT2D eigenvalue weighted by Crippen LogP contribution is 2.24. The monoisotopic (exact) mass is 450 g/mol. The van der Waals surface area contributed by atoms with Gasteiger partial charge in [0.05, 0.1) is 7.11 Å². The van der Waals surface area contributed by atoms with E-state index in [1.54, 1.807) is 66.7 Å². The molecule has 3 N–H and O–H groups in total. The number of nitrogens with zero attached hydrogens (tertiary/aromatic N) is 1. The highest BCUT2D eigenvalue weighted by Gasteiger charge is 2.38. The number of nitrogens with two attached hydrogens (primary N) is 1. The molecule has 2 amide bonds. The summed E-state index contributed by atoms with van der Waals surface area (Å²) in [5.41, 5.74) is 5.75. The van der Waals surface area contributed by atoms with Crippen LogP contribution in [0.1, 0.15) is 28.8 Å². The highest BCUT2D eigenvalue weighted by atomic mass is 16.6. The van der Waals surface area contributed by atoms with Gasteiger partial charge in [-0.2, -0.15) is 0 Å². The molecule has 0 heterocycles. The summed E-state index contributed by atoms with van der Waals surface area (Å²) in [7, 11) is 1.18. The Morgan fingerprint density at radius 1 is 1.09 bits per heavy atom. The van der Waals surface area contributed by atoms with E-state index in [2.05, 4.69) is 0 Å². The van der Waals surface area contributed by atoms with E-state index in [4.69, 9.17) is 15.2 Å². The Labute approximate surface area is 191 Å². The van der Waals surface area contributed by atoms with Crippen LogP contribution in [0.2, 0.25) is 0 Å². The van der Waals surface area contributed by atoms with Crippen LogP contribution < -0.4 is 5.73 Å². The molecule has 2 aromatic rings. The molecule has 0 spiro atoms. The predicted molar refractivity (Wildman–Crippen MR) is 121 cm³/mol. The molecule has 172 valence electrons. The summed E-state index contributed by atoms with van der Waals surface area (Å²) < 4.78 is 10.3. The van der Waals surface area contributed by atoms with Crippen LogP contribution in [0.25, 0.3) is 0 Å². The normalized spacial score (nSPS) is 18.1. The summed E-state index contributed by atoms with van der Waals surface area (Å²) in [6.07, 6.45) is 3.72. The molecule has 0 fully saturated rings. The van der Waals surface area contributed by atoms with Crippen molar-refractivity contribution < 1.29 is 29.0 Å². The zero-order valence-electron chi connectivity index (χ0n) is 18.2. The Kier molecular flexibility index (Phi) is 7.76. The maximum Gasteiger partial charge on any atom is 0.417 e. The standard InChI is InChI=1S/C25H26N2O6/c1-32-23(29)21(16-18-12-14-25(26,31)15-13-18)27(22(28)20-10-6-3-7-11-20)24(30)33-17-19-8-4-2-5-9-19/h2-14,21,31H,15-17,26H2,1H3/t21-,25?/m0/s1. The van der Waals surface area contributed by atoms with Gasteiger partial charge in [-0.1, -0.05) is 60.7 Å². The lowest BCUT2D eigenvalue weighted by Gasteiger charge is -2.29. The molecule has 2 aromatic carbocycles. The third-order valence-electron chi connectivity index (χ3n) is 5.13. The zero-order valence-corrected chi connectivity index (χ0v) is 18.2. The number of imide groups is 1. The average Bonchev–Trinajstić information content (AvgIpc) is 2.84. The number of hydrogen-bond donors (Lipinski definition) is 2. The molecule has 0 aliphatic heterocycles. The molecule has 1 aliphatic carbocycles. The van der Waals surface area contributed by atoms with Gasteiger partial charge in [-0.15, -0.1) is 0 Å². The van der Waals surface area contributed by atoms with Gasteiger partial charge < -0.3 is 20.3 Å². The molecule has 0 saturated carbocycles. The van der Waals surface area contributed by atoms with Crippen molar-refractivity contribution in [2.75, 3.05) is 7.11 Å². The number of allylic oxidation sites excluding steroid dienone is 1. The number of carbonyl (C=O) groups is 3. The first-order valence-corrected chi connectivity index (χ1v) is 10.4. The fraction of sp³-hybridized carbons (Fsp3) is 0.240. The van der Waals surface area contributed by atoms with Crippen molar-refractivity contribution in [1.29, 1.82) is 0 Å². The van der Waals surface area contributed by atoms with Crippen LogP contribution in [-0.4, -0.2) is 46.9 Å². The van der Waals surface area contributed by atoms with Gasteiger partial charge >= 0.3 is 12.1 Å². The van der Waals surface area contributed by atoms with Crippen LogP contribution in [0, 0.1) is 0 Å². The number of carbonyl (C=O) groups excluding carboxylic acids is 3. The van der Waals surface area contributed by atoms with Crippen molar-refractivity contribution >= 4 is 18.0 Å². The van der Waals surface area contributed by atoms with Crippen LogP contribution in [-0.2, 0) is 20.9 Å². The van der Waals surface area contributed by atoms with Gasteiger partial charge in [0, 0.05) is 18.4 Å². The Hall–Kier alpha value is -3.75. The van der Waals surface area contributed by atoms with Crippen LogP contribution in [0.4, 0.5) is 4.79 Å². The third-order valence-corrected chi connectivity index (χ3v) is 5.13.